The number of Topliss-reactive ketones (excluding diaryl/α,β-unsaturated/α-hetero) is 1. The fourth-order valence-electron chi connectivity index (χ4n) is 2.16. The lowest BCUT2D eigenvalue weighted by Gasteiger charge is -2.18. The number of aryl methyl sites for hydroxylation is 3. The van der Waals surface area contributed by atoms with Crippen molar-refractivity contribution in [2.45, 2.75) is 47.1 Å². The first-order valence-corrected chi connectivity index (χ1v) is 6.65. The number of ketones is 1. The Morgan fingerprint density at radius 1 is 1.11 bits per heavy atom. The molecule has 0 aliphatic carbocycles. The first-order chi connectivity index (χ1) is 8.40. The summed E-state index contributed by atoms with van der Waals surface area (Å²) in [6.07, 6.45) is 1.64. The van der Waals surface area contributed by atoms with Gasteiger partial charge in [-0.2, -0.15) is 0 Å². The number of hydrogen-bond acceptors (Lipinski definition) is 2. The molecule has 0 fully saturated rings. The van der Waals surface area contributed by atoms with Crippen LogP contribution in [0.5, 0.6) is 0 Å². The lowest BCUT2D eigenvalue weighted by molar-refractivity contribution is -0.117. The maximum atomic E-state index is 10.9. The molecular weight excluding hydrogens is 222 g/mol. The highest BCUT2D eigenvalue weighted by Gasteiger charge is 2.06. The minimum Gasteiger partial charge on any atom is -0.302 e. The van der Waals surface area contributed by atoms with Crippen LogP contribution in [0, 0.1) is 20.8 Å². The van der Waals surface area contributed by atoms with E-state index in [0.717, 1.165) is 19.5 Å². The van der Waals surface area contributed by atoms with Crippen LogP contribution in [0.15, 0.2) is 12.1 Å². The van der Waals surface area contributed by atoms with E-state index < -0.39 is 0 Å². The van der Waals surface area contributed by atoms with E-state index in [2.05, 4.69) is 44.9 Å². The van der Waals surface area contributed by atoms with Gasteiger partial charge in [-0.05, 0) is 70.0 Å². The van der Waals surface area contributed by atoms with Gasteiger partial charge in [0.1, 0.15) is 5.78 Å². The Balaban J connectivity index is 2.56. The number of benzene rings is 1. The van der Waals surface area contributed by atoms with Crippen LogP contribution in [0.2, 0.25) is 0 Å². The molecule has 0 saturated carbocycles. The zero-order valence-corrected chi connectivity index (χ0v) is 12.3. The van der Waals surface area contributed by atoms with Crippen LogP contribution in [0.1, 0.15) is 42.0 Å². The summed E-state index contributed by atoms with van der Waals surface area (Å²) < 4.78 is 0. The SMILES string of the molecule is CC(=O)CCCN(C)Cc1cc(C)c(C)cc1C. The predicted molar refractivity (Wildman–Crippen MR) is 76.9 cm³/mol. The van der Waals surface area contributed by atoms with Crippen LogP contribution in [-0.4, -0.2) is 24.3 Å². The standard InChI is InChI=1S/C16H25NO/c1-12-9-14(3)16(10-13(12)2)11-17(5)8-6-7-15(4)18/h9-10H,6-8,11H2,1-5H3. The zero-order valence-electron chi connectivity index (χ0n) is 12.3. The number of carbonyl (C=O) groups excluding carboxylic acids is 1. The molecule has 1 aromatic carbocycles. The van der Waals surface area contributed by atoms with Gasteiger partial charge in [-0.15, -0.1) is 0 Å². The third kappa shape index (κ3) is 4.61. The Morgan fingerprint density at radius 3 is 2.33 bits per heavy atom. The second kappa shape index (κ2) is 6.69. The van der Waals surface area contributed by atoms with Gasteiger partial charge in [0, 0.05) is 13.0 Å². The molecule has 0 N–H and O–H groups in total. The summed E-state index contributed by atoms with van der Waals surface area (Å²) in [6, 6.07) is 4.54. The van der Waals surface area contributed by atoms with Gasteiger partial charge >= 0.3 is 0 Å². The normalized spacial score (nSPS) is 11.0. The van der Waals surface area contributed by atoms with Crippen molar-refractivity contribution >= 4 is 5.78 Å². The number of hydrogen-bond donors (Lipinski definition) is 0. The van der Waals surface area contributed by atoms with Crippen LogP contribution >= 0.6 is 0 Å². The molecule has 1 rings (SSSR count). The number of nitrogens with zero attached hydrogens (tertiary/aromatic N) is 1. The number of carbonyl (C=O) groups is 1. The molecule has 0 radical (unpaired) electrons. The molecule has 0 bridgehead atoms. The first kappa shape index (κ1) is 14.9. The highest BCUT2D eigenvalue weighted by molar-refractivity contribution is 5.75. The van der Waals surface area contributed by atoms with Gasteiger partial charge in [0.25, 0.3) is 0 Å². The van der Waals surface area contributed by atoms with Crippen molar-refractivity contribution in [3.63, 3.8) is 0 Å². The molecule has 2 heteroatoms. The van der Waals surface area contributed by atoms with Crippen LogP contribution in [-0.2, 0) is 11.3 Å². The molecule has 0 aliphatic rings. The van der Waals surface area contributed by atoms with Crippen LogP contribution in [0.3, 0.4) is 0 Å². The molecular formula is C16H25NO. The van der Waals surface area contributed by atoms with E-state index in [4.69, 9.17) is 0 Å². The quantitative estimate of drug-likeness (QED) is 0.767. The third-order valence-corrected chi connectivity index (χ3v) is 3.46. The van der Waals surface area contributed by atoms with E-state index in [1.165, 1.54) is 22.3 Å². The molecule has 0 atom stereocenters. The summed E-state index contributed by atoms with van der Waals surface area (Å²) in [5, 5.41) is 0. The van der Waals surface area contributed by atoms with Crippen molar-refractivity contribution in [3.05, 3.63) is 34.4 Å². The fourth-order valence-corrected chi connectivity index (χ4v) is 2.16. The van der Waals surface area contributed by atoms with E-state index in [-0.39, 0.29) is 5.78 Å². The van der Waals surface area contributed by atoms with Gasteiger partial charge in [-0.1, -0.05) is 12.1 Å². The molecule has 0 heterocycles. The van der Waals surface area contributed by atoms with Crippen molar-refractivity contribution in [1.82, 2.24) is 4.90 Å². The molecule has 0 aromatic heterocycles. The summed E-state index contributed by atoms with van der Waals surface area (Å²) >= 11 is 0. The van der Waals surface area contributed by atoms with Gasteiger partial charge < -0.3 is 9.69 Å². The van der Waals surface area contributed by atoms with Crippen molar-refractivity contribution in [2.24, 2.45) is 0 Å². The first-order valence-electron chi connectivity index (χ1n) is 6.65. The Kier molecular flexibility index (Phi) is 5.54. The summed E-state index contributed by atoms with van der Waals surface area (Å²) in [6.45, 7) is 10.1. The van der Waals surface area contributed by atoms with Crippen LogP contribution < -0.4 is 0 Å². The second-order valence-corrected chi connectivity index (χ2v) is 5.41. The summed E-state index contributed by atoms with van der Waals surface area (Å²) in [7, 11) is 2.12. The van der Waals surface area contributed by atoms with Gasteiger partial charge in [-0.3, -0.25) is 0 Å². The minimum atomic E-state index is 0.283. The van der Waals surface area contributed by atoms with Crippen LogP contribution in [0.4, 0.5) is 0 Å². The number of rotatable bonds is 6. The van der Waals surface area contributed by atoms with Crippen molar-refractivity contribution in [1.29, 1.82) is 0 Å². The average Bonchev–Trinajstić information content (AvgIpc) is 2.25. The van der Waals surface area contributed by atoms with E-state index >= 15 is 0 Å². The maximum absolute atomic E-state index is 10.9. The Morgan fingerprint density at radius 2 is 1.72 bits per heavy atom. The zero-order chi connectivity index (χ0) is 13.7. The molecule has 0 spiro atoms. The van der Waals surface area contributed by atoms with E-state index in [1.54, 1.807) is 6.92 Å². The third-order valence-electron chi connectivity index (χ3n) is 3.46. The second-order valence-electron chi connectivity index (χ2n) is 5.41. The molecule has 0 saturated heterocycles. The fraction of sp³-hybridized carbons (Fsp3) is 0.562. The van der Waals surface area contributed by atoms with E-state index in [9.17, 15) is 4.79 Å². The van der Waals surface area contributed by atoms with Crippen molar-refractivity contribution in [2.75, 3.05) is 13.6 Å². The molecule has 0 unspecified atom stereocenters. The van der Waals surface area contributed by atoms with Crippen LogP contribution in [0.25, 0.3) is 0 Å². The van der Waals surface area contributed by atoms with Crippen molar-refractivity contribution < 1.29 is 4.79 Å². The molecule has 2 nitrogen and oxygen atoms in total. The lowest BCUT2D eigenvalue weighted by atomic mass is 10.0. The Bertz CT molecular complexity index is 423. The highest BCUT2D eigenvalue weighted by Crippen LogP contribution is 2.16. The molecule has 100 valence electrons. The van der Waals surface area contributed by atoms with E-state index in [0.29, 0.717) is 6.42 Å². The largest absolute Gasteiger partial charge is 0.302 e. The van der Waals surface area contributed by atoms with Gasteiger partial charge in [0.2, 0.25) is 0 Å². The average molecular weight is 247 g/mol. The summed E-state index contributed by atoms with van der Waals surface area (Å²) in [5.41, 5.74) is 5.46. The topological polar surface area (TPSA) is 20.3 Å². The van der Waals surface area contributed by atoms with Crippen molar-refractivity contribution in [3.8, 4) is 0 Å². The van der Waals surface area contributed by atoms with E-state index in [1.807, 2.05) is 0 Å². The molecule has 0 amide bonds. The smallest absolute Gasteiger partial charge is 0.129 e. The molecule has 1 aromatic rings. The molecule has 0 aliphatic heterocycles. The summed E-state index contributed by atoms with van der Waals surface area (Å²) in [5.74, 6) is 0.283. The Hall–Kier alpha value is -1.15. The minimum absolute atomic E-state index is 0.283. The lowest BCUT2D eigenvalue weighted by Crippen LogP contribution is -2.20. The predicted octanol–water partition coefficient (Wildman–Crippen LogP) is 3.41. The highest BCUT2D eigenvalue weighted by atomic mass is 16.1. The van der Waals surface area contributed by atoms with Gasteiger partial charge in [0.15, 0.2) is 0 Å². The van der Waals surface area contributed by atoms with Gasteiger partial charge in [-0.25, -0.2) is 0 Å². The summed E-state index contributed by atoms with van der Waals surface area (Å²) in [4.78, 5) is 13.2. The van der Waals surface area contributed by atoms with Gasteiger partial charge in [0.05, 0.1) is 0 Å². The maximum Gasteiger partial charge on any atom is 0.129 e. The monoisotopic (exact) mass is 247 g/mol. The molecule has 18 heavy (non-hydrogen) atoms. The Labute approximate surface area is 111 Å².